The highest BCUT2D eigenvalue weighted by Gasteiger charge is 2.47. The molecule has 0 fully saturated rings. The van der Waals surface area contributed by atoms with E-state index in [4.69, 9.17) is 0 Å². The van der Waals surface area contributed by atoms with Crippen molar-refractivity contribution in [2.45, 2.75) is 59.8 Å². The summed E-state index contributed by atoms with van der Waals surface area (Å²) in [6.45, 7) is 16.7. The maximum atomic E-state index is 2.66. The molecule has 3 aliphatic rings. The third-order valence-corrected chi connectivity index (χ3v) is 11.0. The third kappa shape index (κ3) is 4.11. The fourth-order valence-corrected chi connectivity index (χ4v) is 8.07. The zero-order chi connectivity index (χ0) is 31.3. The van der Waals surface area contributed by atoms with Crippen molar-refractivity contribution < 1.29 is 0 Å². The monoisotopic (exact) mass is 582 g/mol. The molecule has 2 atom stereocenters. The fourth-order valence-electron chi connectivity index (χ4n) is 8.07. The molecule has 0 heteroatoms. The molecule has 0 amide bonds. The van der Waals surface area contributed by atoms with E-state index in [2.05, 4.69) is 170 Å². The van der Waals surface area contributed by atoms with Crippen molar-refractivity contribution in [3.8, 4) is 0 Å². The van der Waals surface area contributed by atoms with E-state index in [1.54, 1.807) is 0 Å². The lowest BCUT2D eigenvalue weighted by Crippen LogP contribution is -2.38. The average Bonchev–Trinajstić information content (AvgIpc) is 3.61. The average molecular weight is 583 g/mol. The molecule has 5 aromatic rings. The molecule has 0 saturated heterocycles. The van der Waals surface area contributed by atoms with E-state index in [-0.39, 0.29) is 22.2 Å². The molecule has 0 spiro atoms. The molecule has 8 rings (SSSR count). The maximum Gasteiger partial charge on any atom is 0.0255 e. The van der Waals surface area contributed by atoms with E-state index in [1.165, 1.54) is 76.5 Å². The Hall–Kier alpha value is -4.42. The first-order chi connectivity index (χ1) is 21.5. The van der Waals surface area contributed by atoms with Crippen molar-refractivity contribution in [2.24, 2.45) is 10.8 Å². The highest BCUT2D eigenvalue weighted by Crippen LogP contribution is 2.60. The Kier molecular flexibility index (Phi) is 5.95. The summed E-state index contributed by atoms with van der Waals surface area (Å²) in [5.74, 6) is 0.231. The highest BCUT2D eigenvalue weighted by atomic mass is 14.5. The first-order valence-electron chi connectivity index (χ1n) is 16.5. The van der Waals surface area contributed by atoms with E-state index in [0.29, 0.717) is 0 Å². The predicted octanol–water partition coefficient (Wildman–Crippen LogP) is 10.5. The molecule has 45 heavy (non-hydrogen) atoms. The van der Waals surface area contributed by atoms with Crippen LogP contribution in [0.2, 0.25) is 0 Å². The van der Waals surface area contributed by atoms with E-state index in [9.17, 15) is 0 Å². The first kappa shape index (κ1) is 28.1. The van der Waals surface area contributed by atoms with Crippen LogP contribution in [0.1, 0.15) is 76.6 Å². The lowest BCUT2D eigenvalue weighted by Gasteiger charge is -2.48. The molecule has 0 heterocycles. The van der Waals surface area contributed by atoms with Crippen LogP contribution in [0.3, 0.4) is 0 Å². The molecule has 0 bridgehead atoms. The minimum Gasteiger partial charge on any atom is -0.0723 e. The highest BCUT2D eigenvalue weighted by molar-refractivity contribution is 6.20. The number of rotatable bonds is 2. The van der Waals surface area contributed by atoms with Gasteiger partial charge in [0.15, 0.2) is 0 Å². The Morgan fingerprint density at radius 3 is 2.13 bits per heavy atom. The van der Waals surface area contributed by atoms with Crippen LogP contribution in [-0.2, 0) is 5.41 Å². The van der Waals surface area contributed by atoms with E-state index >= 15 is 0 Å². The van der Waals surface area contributed by atoms with Crippen LogP contribution in [0.25, 0.3) is 44.8 Å². The third-order valence-electron chi connectivity index (χ3n) is 11.0. The summed E-state index contributed by atoms with van der Waals surface area (Å²) in [5.41, 5.74) is 11.0. The minimum atomic E-state index is -0.203. The van der Waals surface area contributed by atoms with Gasteiger partial charge in [-0.2, -0.15) is 0 Å². The van der Waals surface area contributed by atoms with Gasteiger partial charge in [-0.15, -0.1) is 0 Å². The molecule has 0 nitrogen and oxygen atoms in total. The van der Waals surface area contributed by atoms with Gasteiger partial charge in [0.1, 0.15) is 0 Å². The molecule has 0 saturated carbocycles. The number of hydrogen-bond donors (Lipinski definition) is 0. The summed E-state index contributed by atoms with van der Waals surface area (Å²) in [5, 5.41) is 7.94. The van der Waals surface area contributed by atoms with Gasteiger partial charge in [0.25, 0.3) is 0 Å². The van der Waals surface area contributed by atoms with Crippen LogP contribution >= 0.6 is 0 Å². The topological polar surface area (TPSA) is 0 Å². The van der Waals surface area contributed by atoms with Crippen molar-refractivity contribution in [2.75, 3.05) is 0 Å². The van der Waals surface area contributed by atoms with Gasteiger partial charge in [0.05, 0.1) is 0 Å². The molecular formula is C45H42. The lowest BCUT2D eigenvalue weighted by atomic mass is 9.55. The second kappa shape index (κ2) is 9.54. The Balaban J connectivity index is 1.52. The lowest BCUT2D eigenvalue weighted by molar-refractivity contribution is 0.206. The Morgan fingerprint density at radius 1 is 0.689 bits per heavy atom. The van der Waals surface area contributed by atoms with Crippen molar-refractivity contribution >= 4 is 44.8 Å². The van der Waals surface area contributed by atoms with Gasteiger partial charge >= 0.3 is 0 Å². The molecule has 2 unspecified atom stereocenters. The zero-order valence-electron chi connectivity index (χ0n) is 27.6. The first-order valence-corrected chi connectivity index (χ1v) is 16.5. The maximum absolute atomic E-state index is 2.66. The summed E-state index contributed by atoms with van der Waals surface area (Å²) in [4.78, 5) is 0. The Bertz CT molecular complexity index is 2290. The number of allylic oxidation sites excluding steroid dienone is 5. The van der Waals surface area contributed by atoms with E-state index in [0.717, 1.165) is 0 Å². The molecule has 3 aliphatic carbocycles. The van der Waals surface area contributed by atoms with Gasteiger partial charge < -0.3 is 0 Å². The second-order valence-corrected chi connectivity index (χ2v) is 15.6. The largest absolute Gasteiger partial charge is 0.0723 e. The van der Waals surface area contributed by atoms with Crippen LogP contribution < -0.4 is 10.4 Å². The van der Waals surface area contributed by atoms with Crippen molar-refractivity contribution in [1.29, 1.82) is 0 Å². The van der Waals surface area contributed by atoms with Gasteiger partial charge in [0, 0.05) is 11.3 Å². The number of benzene rings is 5. The molecular weight excluding hydrogens is 540 g/mol. The van der Waals surface area contributed by atoms with Gasteiger partial charge in [-0.3, -0.25) is 0 Å². The standard InChI is InChI=1S/C45H42/c1-43(2,3)31-21-23-34-30(24-31)26-39-41(34)40(38-25-29-15-9-11-17-33(29)35-18-12-13-19-36(35)38)27-45(7,44(4,5)6)42(39)37-22-20-28-14-8-10-16-32(28)37/h8-27,37H,1-7H3. The van der Waals surface area contributed by atoms with Crippen LogP contribution in [0.5, 0.6) is 0 Å². The molecule has 0 aliphatic heterocycles. The smallest absolute Gasteiger partial charge is 0.0255 e. The summed E-state index contributed by atoms with van der Waals surface area (Å²) in [6, 6.07) is 36.5. The summed E-state index contributed by atoms with van der Waals surface area (Å²) < 4.78 is 0. The predicted molar refractivity (Wildman–Crippen MR) is 195 cm³/mol. The molecule has 0 aromatic heterocycles. The van der Waals surface area contributed by atoms with E-state index < -0.39 is 0 Å². The Labute approximate surface area is 267 Å². The summed E-state index contributed by atoms with van der Waals surface area (Å²) in [6.07, 6.45) is 9.99. The second-order valence-electron chi connectivity index (χ2n) is 15.6. The van der Waals surface area contributed by atoms with Gasteiger partial charge in [-0.25, -0.2) is 0 Å². The van der Waals surface area contributed by atoms with Crippen LogP contribution in [-0.4, -0.2) is 0 Å². The summed E-state index contributed by atoms with van der Waals surface area (Å²) in [7, 11) is 0. The molecule has 5 aromatic carbocycles. The fraction of sp³-hybridized carbons (Fsp3) is 0.244. The van der Waals surface area contributed by atoms with Crippen LogP contribution in [0.15, 0.2) is 120 Å². The van der Waals surface area contributed by atoms with Crippen LogP contribution in [0.4, 0.5) is 0 Å². The molecule has 222 valence electrons. The van der Waals surface area contributed by atoms with Crippen molar-refractivity contribution in [1.82, 2.24) is 0 Å². The molecule has 0 radical (unpaired) electrons. The number of fused-ring (bicyclic) bond motifs is 6. The zero-order valence-corrected chi connectivity index (χ0v) is 27.6. The van der Waals surface area contributed by atoms with Crippen molar-refractivity contribution in [3.05, 3.63) is 153 Å². The van der Waals surface area contributed by atoms with Crippen molar-refractivity contribution in [3.63, 3.8) is 0 Å². The minimum absolute atomic E-state index is 0.0245. The van der Waals surface area contributed by atoms with E-state index in [1.807, 2.05) is 0 Å². The van der Waals surface area contributed by atoms with Gasteiger partial charge in [0.2, 0.25) is 0 Å². The SMILES string of the molecule is CC(C)(C)c1ccc2c(c1)=CC1=C(C3C=Cc4ccccc43)C(C)(C(C)(C)C)C=C(c3cc4ccccc4c4ccccc34)C=21. The Morgan fingerprint density at radius 2 is 1.38 bits per heavy atom. The van der Waals surface area contributed by atoms with Gasteiger partial charge in [-0.1, -0.05) is 158 Å². The van der Waals surface area contributed by atoms with Gasteiger partial charge in [-0.05, 0) is 99.5 Å². The number of hydrogen-bond acceptors (Lipinski definition) is 0. The summed E-state index contributed by atoms with van der Waals surface area (Å²) >= 11 is 0. The quantitative estimate of drug-likeness (QED) is 0.182. The normalized spacial score (nSPS) is 20.7. The van der Waals surface area contributed by atoms with Crippen LogP contribution in [0, 0.1) is 10.8 Å². The molecule has 0 N–H and O–H groups in total.